The fraction of sp³-hybridized carbons (Fsp3) is 0.414. The molecule has 44 heavy (non-hydrogen) atoms. The van der Waals surface area contributed by atoms with Crippen LogP contribution >= 0.6 is 11.6 Å². The summed E-state index contributed by atoms with van der Waals surface area (Å²) < 4.78 is 1.34. The normalized spacial score (nSPS) is 21.9. The van der Waals surface area contributed by atoms with Crippen LogP contribution in [0.5, 0.6) is 0 Å². The summed E-state index contributed by atoms with van der Waals surface area (Å²) in [5.74, 6) is -2.74. The van der Waals surface area contributed by atoms with Gasteiger partial charge < -0.3 is 24.9 Å². The summed E-state index contributed by atoms with van der Waals surface area (Å²) in [6.07, 6.45) is 3.15. The zero-order chi connectivity index (χ0) is 31.0. The standard InChI is InChI=1S/C29H31ClN8O6/c30-20-3-6-23(38-17-31-32-33-38)24(14-20)36-9-10-37(28(42)27(36)41)25(29(43)44)13-18-1-4-21(5-2-18)35-8-7-34(15-26(35)40)22-11-19(12-22)16-39/h1-6,14,17,19,22,25,39H,7-13,15-16H2,(H,43,44). The fourth-order valence-electron chi connectivity index (χ4n) is 6.14. The van der Waals surface area contributed by atoms with E-state index in [0.717, 1.165) is 24.3 Å². The van der Waals surface area contributed by atoms with Crippen molar-refractivity contribution in [1.82, 2.24) is 30.0 Å². The number of nitrogens with zero attached hydrogens (tertiary/aromatic N) is 8. The molecule has 14 nitrogen and oxygen atoms in total. The van der Waals surface area contributed by atoms with Crippen LogP contribution in [0.1, 0.15) is 18.4 Å². The molecule has 15 heteroatoms. The number of aliphatic carboxylic acids is 1. The van der Waals surface area contributed by atoms with Gasteiger partial charge in [0, 0.05) is 56.0 Å². The van der Waals surface area contributed by atoms with Crippen molar-refractivity contribution in [3.63, 3.8) is 0 Å². The Morgan fingerprint density at radius 1 is 0.955 bits per heavy atom. The first kappa shape index (κ1) is 29.7. The molecule has 1 atom stereocenters. The minimum Gasteiger partial charge on any atom is -0.480 e. The maximum atomic E-state index is 13.3. The molecule has 230 valence electrons. The van der Waals surface area contributed by atoms with Crippen LogP contribution in [0.2, 0.25) is 5.02 Å². The summed E-state index contributed by atoms with van der Waals surface area (Å²) in [5, 5.41) is 30.8. The van der Waals surface area contributed by atoms with Gasteiger partial charge >= 0.3 is 17.8 Å². The maximum absolute atomic E-state index is 13.3. The molecule has 3 aromatic rings. The molecule has 6 rings (SSSR count). The fourth-order valence-corrected chi connectivity index (χ4v) is 6.31. The van der Waals surface area contributed by atoms with E-state index >= 15 is 0 Å². The average Bonchev–Trinajstić information content (AvgIpc) is 3.52. The monoisotopic (exact) mass is 622 g/mol. The van der Waals surface area contributed by atoms with Gasteiger partial charge in [-0.3, -0.25) is 19.3 Å². The van der Waals surface area contributed by atoms with Gasteiger partial charge in [-0.2, -0.15) is 4.68 Å². The first-order valence-electron chi connectivity index (χ1n) is 14.4. The number of piperazine rings is 2. The van der Waals surface area contributed by atoms with E-state index in [0.29, 0.717) is 52.7 Å². The number of hydrogen-bond donors (Lipinski definition) is 2. The van der Waals surface area contributed by atoms with Crippen LogP contribution in [-0.2, 0) is 25.6 Å². The molecule has 1 aromatic heterocycles. The van der Waals surface area contributed by atoms with E-state index in [1.165, 1.54) is 22.0 Å². The molecular formula is C29H31ClN8O6. The van der Waals surface area contributed by atoms with Gasteiger partial charge in [-0.05, 0) is 65.1 Å². The zero-order valence-corrected chi connectivity index (χ0v) is 24.5. The Morgan fingerprint density at radius 3 is 2.36 bits per heavy atom. The lowest BCUT2D eigenvalue weighted by Gasteiger charge is -2.45. The first-order valence-corrected chi connectivity index (χ1v) is 14.7. The van der Waals surface area contributed by atoms with Crippen LogP contribution < -0.4 is 9.80 Å². The van der Waals surface area contributed by atoms with Gasteiger partial charge in [0.1, 0.15) is 12.4 Å². The van der Waals surface area contributed by atoms with E-state index in [1.807, 2.05) is 0 Å². The molecule has 1 aliphatic carbocycles. The third-order valence-electron chi connectivity index (χ3n) is 8.65. The van der Waals surface area contributed by atoms with E-state index in [-0.39, 0.29) is 32.0 Å². The lowest BCUT2D eigenvalue weighted by Crippen LogP contribution is -2.59. The van der Waals surface area contributed by atoms with Crippen LogP contribution in [-0.4, -0.2) is 115 Å². The molecule has 3 heterocycles. The molecule has 1 saturated carbocycles. The summed E-state index contributed by atoms with van der Waals surface area (Å²) in [7, 11) is 0. The van der Waals surface area contributed by atoms with E-state index in [9.17, 15) is 29.4 Å². The Kier molecular flexibility index (Phi) is 8.29. The predicted octanol–water partition coefficient (Wildman–Crippen LogP) is 0.606. The molecular weight excluding hydrogens is 592 g/mol. The second-order valence-corrected chi connectivity index (χ2v) is 11.7. The van der Waals surface area contributed by atoms with Crippen LogP contribution in [0.15, 0.2) is 48.8 Å². The SMILES string of the molecule is O=C(O)C(Cc1ccc(N2CCN(C3CC(CO)C3)CC2=O)cc1)N1CCN(c2cc(Cl)ccc2-n2cnnn2)C(=O)C1=O. The zero-order valence-electron chi connectivity index (χ0n) is 23.7. The van der Waals surface area contributed by atoms with Crippen LogP contribution in [0, 0.1) is 5.92 Å². The molecule has 2 aromatic carbocycles. The topological polar surface area (TPSA) is 165 Å². The number of benzene rings is 2. The van der Waals surface area contributed by atoms with E-state index in [4.69, 9.17) is 11.6 Å². The van der Waals surface area contributed by atoms with Crippen molar-refractivity contribution >= 4 is 46.7 Å². The van der Waals surface area contributed by atoms with Crippen molar-refractivity contribution in [3.8, 4) is 5.69 Å². The number of carbonyl (C=O) groups is 4. The van der Waals surface area contributed by atoms with E-state index < -0.39 is 23.8 Å². The lowest BCUT2D eigenvalue weighted by molar-refractivity contribution is -0.155. The number of carbonyl (C=O) groups excluding carboxylic acids is 3. The third-order valence-corrected chi connectivity index (χ3v) is 8.89. The van der Waals surface area contributed by atoms with Crippen LogP contribution in [0.3, 0.4) is 0 Å². The highest BCUT2D eigenvalue weighted by Crippen LogP contribution is 2.33. The van der Waals surface area contributed by atoms with Gasteiger partial charge in [-0.25, -0.2) is 4.79 Å². The Morgan fingerprint density at radius 2 is 1.70 bits per heavy atom. The first-order chi connectivity index (χ1) is 21.2. The number of aromatic nitrogens is 4. The highest BCUT2D eigenvalue weighted by atomic mass is 35.5. The lowest BCUT2D eigenvalue weighted by atomic mass is 9.79. The largest absolute Gasteiger partial charge is 0.480 e. The molecule has 3 amide bonds. The van der Waals surface area contributed by atoms with Crippen molar-refractivity contribution in [2.75, 3.05) is 49.1 Å². The molecule has 0 spiro atoms. The van der Waals surface area contributed by atoms with Gasteiger partial charge in [-0.1, -0.05) is 23.7 Å². The number of rotatable bonds is 9. The highest BCUT2D eigenvalue weighted by molar-refractivity contribution is 6.41. The second kappa shape index (κ2) is 12.3. The molecule has 1 unspecified atom stereocenters. The summed E-state index contributed by atoms with van der Waals surface area (Å²) >= 11 is 6.19. The third kappa shape index (κ3) is 5.75. The molecule has 2 saturated heterocycles. The van der Waals surface area contributed by atoms with Gasteiger partial charge in [-0.15, -0.1) is 5.10 Å². The Hall–Kier alpha value is -4.40. The number of aliphatic hydroxyl groups is 1. The van der Waals surface area contributed by atoms with Crippen molar-refractivity contribution in [3.05, 3.63) is 59.4 Å². The van der Waals surface area contributed by atoms with Gasteiger partial charge in [0.2, 0.25) is 5.91 Å². The van der Waals surface area contributed by atoms with Crippen molar-refractivity contribution in [1.29, 1.82) is 0 Å². The minimum atomic E-state index is -1.27. The number of halogens is 1. The Labute approximate surface area is 257 Å². The second-order valence-electron chi connectivity index (χ2n) is 11.3. The number of carboxylic acid groups (broad SMARTS) is 1. The molecule has 3 fully saturated rings. The van der Waals surface area contributed by atoms with Gasteiger partial charge in [0.15, 0.2) is 0 Å². The summed E-state index contributed by atoms with van der Waals surface area (Å²) in [6, 6.07) is 10.9. The predicted molar refractivity (Wildman–Crippen MR) is 157 cm³/mol. The van der Waals surface area contributed by atoms with Crippen LogP contribution in [0.25, 0.3) is 5.69 Å². The van der Waals surface area contributed by atoms with E-state index in [1.54, 1.807) is 41.3 Å². The highest BCUT2D eigenvalue weighted by Gasteiger charge is 2.41. The molecule has 2 aliphatic heterocycles. The van der Waals surface area contributed by atoms with Crippen molar-refractivity contribution in [2.24, 2.45) is 5.92 Å². The van der Waals surface area contributed by atoms with Crippen LogP contribution in [0.4, 0.5) is 11.4 Å². The number of carboxylic acids is 1. The molecule has 0 bridgehead atoms. The summed E-state index contributed by atoms with van der Waals surface area (Å²) in [6.45, 7) is 1.82. The number of amides is 3. The van der Waals surface area contributed by atoms with Crippen molar-refractivity contribution < 1.29 is 29.4 Å². The molecule has 0 radical (unpaired) electrons. The van der Waals surface area contributed by atoms with E-state index in [2.05, 4.69) is 20.4 Å². The van der Waals surface area contributed by atoms with Crippen molar-refractivity contribution in [2.45, 2.75) is 31.3 Å². The smallest absolute Gasteiger partial charge is 0.326 e. The Balaban J connectivity index is 1.12. The average molecular weight is 623 g/mol. The number of aliphatic hydroxyl groups excluding tert-OH is 1. The maximum Gasteiger partial charge on any atom is 0.326 e. The number of tetrazole rings is 1. The summed E-state index contributed by atoms with van der Waals surface area (Å²) in [5.41, 5.74) is 2.12. The van der Waals surface area contributed by atoms with Gasteiger partial charge in [0.05, 0.1) is 17.9 Å². The summed E-state index contributed by atoms with van der Waals surface area (Å²) in [4.78, 5) is 58.1. The quantitative estimate of drug-likeness (QED) is 0.323. The number of hydrogen-bond acceptors (Lipinski definition) is 9. The minimum absolute atomic E-state index is 0.00946. The number of anilines is 2. The molecule has 2 N–H and O–H groups in total. The van der Waals surface area contributed by atoms with Gasteiger partial charge in [0.25, 0.3) is 0 Å². The Bertz CT molecular complexity index is 1560. The molecule has 3 aliphatic rings.